The summed E-state index contributed by atoms with van der Waals surface area (Å²) < 4.78 is 9.35. The number of amides is 1. The number of carboxylic acid groups (broad SMARTS) is 1. The van der Waals surface area contributed by atoms with Crippen molar-refractivity contribution in [3.63, 3.8) is 0 Å². The van der Waals surface area contributed by atoms with Gasteiger partial charge in [-0.05, 0) is 25.3 Å². The van der Waals surface area contributed by atoms with Crippen LogP contribution >= 0.6 is 0 Å². The molecule has 0 saturated heterocycles. The molecule has 0 fully saturated rings. The summed E-state index contributed by atoms with van der Waals surface area (Å²) in [5.41, 5.74) is 3.15. The number of hydrogen-bond acceptors (Lipinski definition) is 8. The number of aliphatic carboxylic acids is 1. The standard InChI is InChI=1S/C18H21NO9/c1-10-14(28-18(25)27-10)9-26-19-15(20)7-6-13(17(23)24)8-11-2-4-12(5-3-11)16(21)22/h2-5,13,16,21-22H,6-9H2,1H3,(H,19,20)(H,23,24). The number of benzene rings is 1. The number of hydroxylamine groups is 1. The predicted octanol–water partition coefficient (Wildman–Crippen LogP) is 0.796. The van der Waals surface area contributed by atoms with Crippen LogP contribution < -0.4 is 11.3 Å². The van der Waals surface area contributed by atoms with Crippen molar-refractivity contribution in [3.8, 4) is 0 Å². The fourth-order valence-electron chi connectivity index (χ4n) is 2.47. The molecule has 10 nitrogen and oxygen atoms in total. The number of nitrogens with one attached hydrogen (secondary N) is 1. The number of carbonyl (C=O) groups excluding carboxylic acids is 1. The van der Waals surface area contributed by atoms with Crippen LogP contribution in [0.2, 0.25) is 0 Å². The zero-order valence-corrected chi connectivity index (χ0v) is 15.1. The Morgan fingerprint density at radius 2 is 1.86 bits per heavy atom. The van der Waals surface area contributed by atoms with E-state index in [2.05, 4.69) is 9.90 Å². The maximum atomic E-state index is 11.8. The van der Waals surface area contributed by atoms with Crippen molar-refractivity contribution in [2.24, 2.45) is 5.92 Å². The molecule has 1 aromatic heterocycles. The van der Waals surface area contributed by atoms with Gasteiger partial charge in [-0.3, -0.25) is 14.4 Å². The molecule has 1 amide bonds. The molecule has 4 N–H and O–H groups in total. The lowest BCUT2D eigenvalue weighted by molar-refractivity contribution is -0.142. The predicted molar refractivity (Wildman–Crippen MR) is 92.6 cm³/mol. The number of carbonyl (C=O) groups is 2. The molecule has 1 unspecified atom stereocenters. The zero-order valence-electron chi connectivity index (χ0n) is 15.1. The second-order valence-electron chi connectivity index (χ2n) is 6.14. The normalized spacial score (nSPS) is 12.1. The Labute approximate surface area is 159 Å². The Balaban J connectivity index is 1.80. The average molecular weight is 395 g/mol. The molecule has 1 aromatic carbocycles. The minimum atomic E-state index is -1.59. The van der Waals surface area contributed by atoms with Crippen molar-refractivity contribution in [3.05, 3.63) is 57.5 Å². The summed E-state index contributed by atoms with van der Waals surface area (Å²) in [6.45, 7) is 1.31. The molecule has 152 valence electrons. The van der Waals surface area contributed by atoms with Gasteiger partial charge in [0.05, 0.1) is 5.92 Å². The van der Waals surface area contributed by atoms with Gasteiger partial charge in [-0.15, -0.1) is 0 Å². The Bertz CT molecular complexity index is 851. The van der Waals surface area contributed by atoms with Crippen LogP contribution in [0.15, 0.2) is 37.9 Å². The van der Waals surface area contributed by atoms with Gasteiger partial charge in [0, 0.05) is 12.0 Å². The van der Waals surface area contributed by atoms with E-state index in [1.807, 2.05) is 0 Å². The molecule has 28 heavy (non-hydrogen) atoms. The first kappa shape index (κ1) is 21.4. The van der Waals surface area contributed by atoms with Gasteiger partial charge in [0.2, 0.25) is 5.91 Å². The zero-order chi connectivity index (χ0) is 20.7. The number of aliphatic hydroxyl groups excluding tert-OH is 1. The van der Waals surface area contributed by atoms with Gasteiger partial charge < -0.3 is 24.2 Å². The molecule has 0 spiro atoms. The highest BCUT2D eigenvalue weighted by Crippen LogP contribution is 2.17. The summed E-state index contributed by atoms with van der Waals surface area (Å²) >= 11 is 0. The molecule has 0 radical (unpaired) electrons. The number of aliphatic hydroxyl groups is 2. The molecule has 1 atom stereocenters. The quantitative estimate of drug-likeness (QED) is 0.337. The van der Waals surface area contributed by atoms with E-state index in [4.69, 9.17) is 19.5 Å². The number of hydrogen-bond donors (Lipinski definition) is 4. The molecule has 0 aliphatic carbocycles. The highest BCUT2D eigenvalue weighted by Gasteiger charge is 2.20. The van der Waals surface area contributed by atoms with E-state index in [-0.39, 0.29) is 37.4 Å². The summed E-state index contributed by atoms with van der Waals surface area (Å²) in [6, 6.07) is 6.20. The van der Waals surface area contributed by atoms with E-state index in [1.165, 1.54) is 19.1 Å². The van der Waals surface area contributed by atoms with E-state index in [0.717, 1.165) is 0 Å². The van der Waals surface area contributed by atoms with Crippen LogP contribution in [0.3, 0.4) is 0 Å². The lowest BCUT2D eigenvalue weighted by Gasteiger charge is -2.13. The maximum absolute atomic E-state index is 11.8. The number of aryl methyl sites for hydroxylation is 1. The Hall–Kier alpha value is -2.95. The summed E-state index contributed by atoms with van der Waals surface area (Å²) in [5, 5.41) is 27.5. The molecule has 10 heteroatoms. The monoisotopic (exact) mass is 395 g/mol. The fourth-order valence-corrected chi connectivity index (χ4v) is 2.47. The highest BCUT2D eigenvalue weighted by molar-refractivity contribution is 5.76. The minimum Gasteiger partial charge on any atom is -0.481 e. The smallest absolute Gasteiger partial charge is 0.481 e. The van der Waals surface area contributed by atoms with E-state index in [9.17, 15) is 19.5 Å². The van der Waals surface area contributed by atoms with Gasteiger partial charge in [-0.25, -0.2) is 10.3 Å². The minimum absolute atomic E-state index is 0.0781. The Morgan fingerprint density at radius 3 is 2.39 bits per heavy atom. The Kier molecular flexibility index (Phi) is 7.50. The third-order valence-corrected chi connectivity index (χ3v) is 4.05. The molecule has 2 aromatic rings. The lowest BCUT2D eigenvalue weighted by atomic mass is 9.94. The third-order valence-electron chi connectivity index (χ3n) is 4.05. The van der Waals surface area contributed by atoms with Crippen LogP contribution in [-0.2, 0) is 27.5 Å². The van der Waals surface area contributed by atoms with E-state index in [1.54, 1.807) is 12.1 Å². The molecule has 2 rings (SSSR count). The van der Waals surface area contributed by atoms with Crippen molar-refractivity contribution in [2.45, 2.75) is 39.1 Å². The number of carboxylic acids is 1. The summed E-state index contributed by atoms with van der Waals surface area (Å²) in [5.74, 6) is -2.85. The molecule has 0 bridgehead atoms. The SMILES string of the molecule is Cc1oc(=O)oc1CONC(=O)CCC(Cc1ccc(C(O)O)cc1)C(=O)O. The third kappa shape index (κ3) is 6.34. The van der Waals surface area contributed by atoms with Gasteiger partial charge in [0.1, 0.15) is 12.4 Å². The topological polar surface area (TPSA) is 159 Å². The summed E-state index contributed by atoms with van der Waals surface area (Å²) in [7, 11) is 0. The molecular weight excluding hydrogens is 374 g/mol. The molecule has 0 aliphatic heterocycles. The molecular formula is C18H21NO9. The number of rotatable bonds is 10. The second-order valence-corrected chi connectivity index (χ2v) is 6.14. The van der Waals surface area contributed by atoms with Crippen LogP contribution in [0.5, 0.6) is 0 Å². The summed E-state index contributed by atoms with van der Waals surface area (Å²) in [4.78, 5) is 39.1. The first-order valence-corrected chi connectivity index (χ1v) is 8.44. The van der Waals surface area contributed by atoms with Crippen molar-refractivity contribution in [2.75, 3.05) is 0 Å². The average Bonchev–Trinajstić information content (AvgIpc) is 2.96. The van der Waals surface area contributed by atoms with Crippen LogP contribution in [0.1, 0.15) is 41.8 Å². The van der Waals surface area contributed by atoms with Crippen molar-refractivity contribution < 1.29 is 38.6 Å². The fraction of sp³-hybridized carbons (Fsp3) is 0.389. The van der Waals surface area contributed by atoms with Crippen LogP contribution in [0.25, 0.3) is 0 Å². The first-order chi connectivity index (χ1) is 13.3. The van der Waals surface area contributed by atoms with Gasteiger partial charge in [-0.2, -0.15) is 0 Å². The first-order valence-electron chi connectivity index (χ1n) is 8.44. The highest BCUT2D eigenvalue weighted by atomic mass is 16.7. The Morgan fingerprint density at radius 1 is 1.18 bits per heavy atom. The van der Waals surface area contributed by atoms with Crippen LogP contribution in [-0.4, -0.2) is 27.2 Å². The van der Waals surface area contributed by atoms with E-state index in [0.29, 0.717) is 11.1 Å². The maximum Gasteiger partial charge on any atom is 0.519 e. The van der Waals surface area contributed by atoms with Crippen molar-refractivity contribution >= 4 is 11.9 Å². The van der Waals surface area contributed by atoms with Crippen LogP contribution in [0, 0.1) is 12.8 Å². The largest absolute Gasteiger partial charge is 0.519 e. The van der Waals surface area contributed by atoms with Crippen molar-refractivity contribution in [1.29, 1.82) is 0 Å². The summed E-state index contributed by atoms with van der Waals surface area (Å²) in [6.07, 6.45) is -1.41. The second kappa shape index (κ2) is 9.83. The van der Waals surface area contributed by atoms with Gasteiger partial charge in [0.15, 0.2) is 12.1 Å². The lowest BCUT2D eigenvalue weighted by Crippen LogP contribution is -2.26. The van der Waals surface area contributed by atoms with Gasteiger partial charge in [-0.1, -0.05) is 24.3 Å². The molecule has 1 heterocycles. The van der Waals surface area contributed by atoms with Crippen LogP contribution in [0.4, 0.5) is 0 Å². The van der Waals surface area contributed by atoms with Gasteiger partial charge >= 0.3 is 11.8 Å². The van der Waals surface area contributed by atoms with Gasteiger partial charge in [0.25, 0.3) is 0 Å². The van der Waals surface area contributed by atoms with E-state index < -0.39 is 29.9 Å². The molecule has 0 aliphatic rings. The molecule has 0 saturated carbocycles. The van der Waals surface area contributed by atoms with Crippen molar-refractivity contribution in [1.82, 2.24) is 5.48 Å². The van der Waals surface area contributed by atoms with E-state index >= 15 is 0 Å².